The average Bonchev–Trinajstić information content (AvgIpc) is 2.79. The SMILES string of the molecule is Cc1nc(-c2ccc(C3CC3C)o2)sc1C(C)N. The van der Waals surface area contributed by atoms with E-state index >= 15 is 0 Å². The molecule has 0 bridgehead atoms. The standard InChI is InChI=1S/C14H18N2OS/c1-7-6-10(7)11-4-5-12(17-11)14-16-9(3)13(18-14)8(2)15/h4-5,7-8,10H,6,15H2,1-3H3. The van der Waals surface area contributed by atoms with Gasteiger partial charge in [0, 0.05) is 16.8 Å². The van der Waals surface area contributed by atoms with Crippen LogP contribution < -0.4 is 5.73 Å². The number of hydrogen-bond acceptors (Lipinski definition) is 4. The van der Waals surface area contributed by atoms with Crippen molar-refractivity contribution < 1.29 is 4.42 Å². The van der Waals surface area contributed by atoms with Gasteiger partial charge >= 0.3 is 0 Å². The van der Waals surface area contributed by atoms with Crippen LogP contribution in [0.2, 0.25) is 0 Å². The molecule has 1 aliphatic rings. The number of hydrogen-bond donors (Lipinski definition) is 1. The molecule has 0 aromatic carbocycles. The molecule has 0 amide bonds. The molecule has 4 heteroatoms. The molecule has 2 aromatic rings. The Balaban J connectivity index is 1.90. The summed E-state index contributed by atoms with van der Waals surface area (Å²) >= 11 is 1.64. The quantitative estimate of drug-likeness (QED) is 0.914. The summed E-state index contributed by atoms with van der Waals surface area (Å²) in [5.41, 5.74) is 6.94. The molecule has 0 radical (unpaired) electrons. The molecule has 3 atom stereocenters. The first-order valence-corrected chi connectivity index (χ1v) is 7.21. The lowest BCUT2D eigenvalue weighted by Crippen LogP contribution is -2.03. The molecular formula is C14H18N2OS. The third kappa shape index (κ3) is 1.99. The van der Waals surface area contributed by atoms with E-state index in [9.17, 15) is 0 Å². The van der Waals surface area contributed by atoms with Crippen LogP contribution in [0.1, 0.15) is 48.6 Å². The third-order valence-electron chi connectivity index (χ3n) is 3.56. The van der Waals surface area contributed by atoms with E-state index < -0.39 is 0 Å². The van der Waals surface area contributed by atoms with Crippen LogP contribution >= 0.6 is 11.3 Å². The second-order valence-electron chi connectivity index (χ2n) is 5.28. The molecule has 18 heavy (non-hydrogen) atoms. The highest BCUT2D eigenvalue weighted by atomic mass is 32.1. The summed E-state index contributed by atoms with van der Waals surface area (Å²) in [5, 5.41) is 0.944. The van der Waals surface area contributed by atoms with E-state index in [4.69, 9.17) is 10.2 Å². The highest BCUT2D eigenvalue weighted by Crippen LogP contribution is 2.48. The Bertz CT molecular complexity index is 570. The Labute approximate surface area is 111 Å². The van der Waals surface area contributed by atoms with E-state index in [1.165, 1.54) is 6.42 Å². The molecule has 0 spiro atoms. The number of nitrogens with zero attached hydrogens (tertiary/aromatic N) is 1. The Kier molecular flexibility index (Phi) is 2.79. The van der Waals surface area contributed by atoms with E-state index in [1.54, 1.807) is 11.3 Å². The lowest BCUT2D eigenvalue weighted by molar-refractivity contribution is 0.518. The molecule has 1 fully saturated rings. The van der Waals surface area contributed by atoms with Crippen LogP contribution in [0.5, 0.6) is 0 Å². The summed E-state index contributed by atoms with van der Waals surface area (Å²) in [7, 11) is 0. The normalized spacial score (nSPS) is 24.2. The lowest BCUT2D eigenvalue weighted by atomic mass is 10.2. The molecule has 3 rings (SSSR count). The van der Waals surface area contributed by atoms with Gasteiger partial charge in [-0.2, -0.15) is 0 Å². The van der Waals surface area contributed by atoms with Gasteiger partial charge in [0.25, 0.3) is 0 Å². The number of rotatable bonds is 3. The molecule has 3 nitrogen and oxygen atoms in total. The molecule has 2 aromatic heterocycles. The van der Waals surface area contributed by atoms with Crippen molar-refractivity contribution in [1.82, 2.24) is 4.98 Å². The Morgan fingerprint density at radius 1 is 1.50 bits per heavy atom. The Morgan fingerprint density at radius 2 is 2.22 bits per heavy atom. The number of nitrogens with two attached hydrogens (primary N) is 1. The first kappa shape index (κ1) is 11.9. The first-order chi connectivity index (χ1) is 8.56. The molecule has 3 unspecified atom stereocenters. The van der Waals surface area contributed by atoms with Gasteiger partial charge in [0.2, 0.25) is 0 Å². The smallest absolute Gasteiger partial charge is 0.162 e. The minimum atomic E-state index is 0.0362. The monoisotopic (exact) mass is 262 g/mol. The van der Waals surface area contributed by atoms with Gasteiger partial charge in [-0.1, -0.05) is 6.92 Å². The highest BCUT2D eigenvalue weighted by molar-refractivity contribution is 7.15. The summed E-state index contributed by atoms with van der Waals surface area (Å²) in [4.78, 5) is 5.70. The summed E-state index contributed by atoms with van der Waals surface area (Å²) in [6.07, 6.45) is 1.24. The van der Waals surface area contributed by atoms with E-state index in [0.717, 1.165) is 33.0 Å². The maximum absolute atomic E-state index is 5.93. The molecular weight excluding hydrogens is 244 g/mol. The van der Waals surface area contributed by atoms with Crippen LogP contribution in [-0.2, 0) is 0 Å². The van der Waals surface area contributed by atoms with Gasteiger partial charge in [-0.05, 0) is 38.3 Å². The van der Waals surface area contributed by atoms with Crippen molar-refractivity contribution in [1.29, 1.82) is 0 Å². The van der Waals surface area contributed by atoms with E-state index in [1.807, 2.05) is 19.9 Å². The number of aromatic nitrogens is 1. The first-order valence-electron chi connectivity index (χ1n) is 6.39. The van der Waals surface area contributed by atoms with Crippen molar-refractivity contribution in [2.45, 2.75) is 39.2 Å². The maximum atomic E-state index is 5.93. The van der Waals surface area contributed by atoms with Crippen LogP contribution in [-0.4, -0.2) is 4.98 Å². The van der Waals surface area contributed by atoms with Crippen molar-refractivity contribution in [2.75, 3.05) is 0 Å². The minimum Gasteiger partial charge on any atom is -0.458 e. The fraction of sp³-hybridized carbons (Fsp3) is 0.500. The molecule has 1 saturated carbocycles. The second kappa shape index (κ2) is 4.21. The summed E-state index contributed by atoms with van der Waals surface area (Å²) in [6, 6.07) is 4.16. The van der Waals surface area contributed by atoms with E-state index in [0.29, 0.717) is 5.92 Å². The van der Waals surface area contributed by atoms with Gasteiger partial charge in [0.15, 0.2) is 10.8 Å². The van der Waals surface area contributed by atoms with E-state index in [-0.39, 0.29) is 6.04 Å². The minimum absolute atomic E-state index is 0.0362. The van der Waals surface area contributed by atoms with Gasteiger partial charge in [-0.15, -0.1) is 11.3 Å². The van der Waals surface area contributed by atoms with Crippen LogP contribution in [0.15, 0.2) is 16.5 Å². The zero-order valence-electron chi connectivity index (χ0n) is 10.9. The summed E-state index contributed by atoms with van der Waals surface area (Å²) in [6.45, 7) is 6.25. The van der Waals surface area contributed by atoms with Crippen LogP contribution in [0.3, 0.4) is 0 Å². The largest absolute Gasteiger partial charge is 0.458 e. The van der Waals surface area contributed by atoms with Crippen molar-refractivity contribution in [3.63, 3.8) is 0 Å². The van der Waals surface area contributed by atoms with Gasteiger partial charge in [0.05, 0.1) is 5.69 Å². The van der Waals surface area contributed by atoms with Crippen molar-refractivity contribution in [2.24, 2.45) is 11.7 Å². The third-order valence-corrected chi connectivity index (χ3v) is 4.93. The molecule has 96 valence electrons. The highest BCUT2D eigenvalue weighted by Gasteiger charge is 2.36. The van der Waals surface area contributed by atoms with E-state index in [2.05, 4.69) is 18.0 Å². The Morgan fingerprint density at radius 3 is 2.78 bits per heavy atom. The van der Waals surface area contributed by atoms with Crippen LogP contribution in [0.4, 0.5) is 0 Å². The molecule has 2 heterocycles. The lowest BCUT2D eigenvalue weighted by Gasteiger charge is -1.99. The fourth-order valence-corrected chi connectivity index (χ4v) is 3.30. The Hall–Kier alpha value is -1.13. The number of furan rings is 1. The summed E-state index contributed by atoms with van der Waals surface area (Å²) < 4.78 is 5.92. The predicted octanol–water partition coefficient (Wildman–Crippen LogP) is 3.85. The zero-order valence-corrected chi connectivity index (χ0v) is 11.8. The van der Waals surface area contributed by atoms with Gasteiger partial charge in [0.1, 0.15) is 5.76 Å². The van der Waals surface area contributed by atoms with Crippen molar-refractivity contribution in [3.8, 4) is 10.8 Å². The van der Waals surface area contributed by atoms with Crippen molar-refractivity contribution >= 4 is 11.3 Å². The van der Waals surface area contributed by atoms with Gasteiger partial charge in [-0.25, -0.2) is 4.98 Å². The summed E-state index contributed by atoms with van der Waals surface area (Å²) in [5.74, 6) is 3.37. The second-order valence-corrected chi connectivity index (χ2v) is 6.31. The molecule has 2 N–H and O–H groups in total. The molecule has 0 saturated heterocycles. The predicted molar refractivity (Wildman–Crippen MR) is 73.7 cm³/mol. The van der Waals surface area contributed by atoms with Crippen LogP contribution in [0, 0.1) is 12.8 Å². The number of thiazole rings is 1. The maximum Gasteiger partial charge on any atom is 0.162 e. The average molecular weight is 262 g/mol. The molecule has 1 aliphatic carbocycles. The zero-order chi connectivity index (χ0) is 12.9. The van der Waals surface area contributed by atoms with Crippen LogP contribution in [0.25, 0.3) is 10.8 Å². The topological polar surface area (TPSA) is 52.0 Å². The van der Waals surface area contributed by atoms with Gasteiger partial charge in [-0.3, -0.25) is 0 Å². The number of aryl methyl sites for hydroxylation is 1. The van der Waals surface area contributed by atoms with Gasteiger partial charge < -0.3 is 10.2 Å². The fourth-order valence-electron chi connectivity index (χ4n) is 2.32. The van der Waals surface area contributed by atoms with Crippen molar-refractivity contribution in [3.05, 3.63) is 28.5 Å². The molecule has 0 aliphatic heterocycles.